The van der Waals surface area contributed by atoms with Crippen molar-refractivity contribution in [2.24, 2.45) is 0 Å². The number of halogens is 1. The maximum absolute atomic E-state index is 12.8. The molecule has 0 unspecified atom stereocenters. The van der Waals surface area contributed by atoms with Gasteiger partial charge in [-0.3, -0.25) is 14.9 Å². The highest BCUT2D eigenvalue weighted by molar-refractivity contribution is 5.97. The average Bonchev–Trinajstić information content (AvgIpc) is 2.56. The van der Waals surface area contributed by atoms with E-state index >= 15 is 0 Å². The first-order valence-corrected chi connectivity index (χ1v) is 6.99. The summed E-state index contributed by atoms with van der Waals surface area (Å²) in [6, 6.07) is 8.68. The van der Waals surface area contributed by atoms with E-state index in [1.807, 2.05) is 0 Å². The third kappa shape index (κ3) is 4.19. The Balaban J connectivity index is 1.98. The molecule has 2 aromatic carbocycles. The lowest BCUT2D eigenvalue weighted by molar-refractivity contribution is -0.384. The van der Waals surface area contributed by atoms with Crippen molar-refractivity contribution in [1.82, 2.24) is 4.90 Å². The van der Waals surface area contributed by atoms with E-state index in [4.69, 9.17) is 4.74 Å². The van der Waals surface area contributed by atoms with Gasteiger partial charge in [0, 0.05) is 19.2 Å². The van der Waals surface area contributed by atoms with Crippen molar-refractivity contribution in [2.45, 2.75) is 0 Å². The van der Waals surface area contributed by atoms with E-state index in [-0.39, 0.29) is 36.0 Å². The van der Waals surface area contributed by atoms with Crippen LogP contribution >= 0.6 is 0 Å². The van der Waals surface area contributed by atoms with Crippen LogP contribution in [0.5, 0.6) is 11.5 Å². The molecule has 2 aromatic rings. The van der Waals surface area contributed by atoms with Crippen molar-refractivity contribution < 1.29 is 24.0 Å². The standard InChI is InChI=1S/C16H15FN2O5/c1-18(8-9-24-13-5-2-11(17)3-6-13)16(21)14-10-12(19(22)23)4-7-15(14)20/h2-7,10,20H,8-9H2,1H3. The first-order chi connectivity index (χ1) is 11.4. The van der Waals surface area contributed by atoms with E-state index < -0.39 is 10.8 Å². The normalized spacial score (nSPS) is 10.2. The quantitative estimate of drug-likeness (QED) is 0.647. The van der Waals surface area contributed by atoms with Crippen LogP contribution in [0.2, 0.25) is 0 Å². The van der Waals surface area contributed by atoms with Gasteiger partial charge in [-0.05, 0) is 30.3 Å². The highest BCUT2D eigenvalue weighted by Gasteiger charge is 2.19. The minimum absolute atomic E-state index is 0.142. The molecule has 0 heterocycles. The van der Waals surface area contributed by atoms with Gasteiger partial charge in [0.05, 0.1) is 17.0 Å². The van der Waals surface area contributed by atoms with Crippen LogP contribution < -0.4 is 4.74 Å². The van der Waals surface area contributed by atoms with Crippen LogP contribution in [0.4, 0.5) is 10.1 Å². The van der Waals surface area contributed by atoms with Crippen molar-refractivity contribution in [2.75, 3.05) is 20.2 Å². The van der Waals surface area contributed by atoms with Gasteiger partial charge in [0.25, 0.3) is 11.6 Å². The first-order valence-electron chi connectivity index (χ1n) is 6.99. The molecule has 0 radical (unpaired) electrons. The second kappa shape index (κ2) is 7.40. The van der Waals surface area contributed by atoms with Gasteiger partial charge in [0.15, 0.2) is 0 Å². The van der Waals surface area contributed by atoms with E-state index in [2.05, 4.69) is 0 Å². The molecule has 1 N–H and O–H groups in total. The van der Waals surface area contributed by atoms with E-state index in [0.29, 0.717) is 5.75 Å². The zero-order valence-electron chi connectivity index (χ0n) is 12.8. The van der Waals surface area contributed by atoms with E-state index in [1.54, 1.807) is 0 Å². The minimum atomic E-state index is -0.645. The van der Waals surface area contributed by atoms with Gasteiger partial charge in [-0.2, -0.15) is 0 Å². The van der Waals surface area contributed by atoms with Crippen molar-refractivity contribution in [3.8, 4) is 11.5 Å². The maximum Gasteiger partial charge on any atom is 0.270 e. The second-order valence-electron chi connectivity index (χ2n) is 4.99. The molecule has 0 fully saturated rings. The molecule has 0 aliphatic rings. The zero-order chi connectivity index (χ0) is 17.7. The van der Waals surface area contributed by atoms with E-state index in [9.17, 15) is 24.4 Å². The number of non-ortho nitro benzene ring substituents is 1. The number of phenols is 1. The monoisotopic (exact) mass is 334 g/mol. The zero-order valence-corrected chi connectivity index (χ0v) is 12.8. The van der Waals surface area contributed by atoms with Gasteiger partial charge < -0.3 is 14.7 Å². The predicted molar refractivity (Wildman–Crippen MR) is 83.6 cm³/mol. The van der Waals surface area contributed by atoms with Gasteiger partial charge in [-0.1, -0.05) is 0 Å². The third-order valence-electron chi connectivity index (χ3n) is 3.28. The number of nitro groups is 1. The lowest BCUT2D eigenvalue weighted by Gasteiger charge is -2.18. The molecule has 0 aliphatic heterocycles. The van der Waals surface area contributed by atoms with Crippen LogP contribution in [0.1, 0.15) is 10.4 Å². The molecule has 2 rings (SSSR count). The second-order valence-corrected chi connectivity index (χ2v) is 4.99. The number of aromatic hydroxyl groups is 1. The topological polar surface area (TPSA) is 92.9 Å². The first kappa shape index (κ1) is 17.2. The Kier molecular flexibility index (Phi) is 5.31. The predicted octanol–water partition coefficient (Wildman–Crippen LogP) is 2.59. The number of hydrogen-bond donors (Lipinski definition) is 1. The van der Waals surface area contributed by atoms with Crippen molar-refractivity contribution in [3.63, 3.8) is 0 Å². The van der Waals surface area contributed by atoms with Gasteiger partial charge in [0.2, 0.25) is 0 Å². The number of nitrogens with zero attached hydrogens (tertiary/aromatic N) is 2. The van der Waals surface area contributed by atoms with Crippen LogP contribution in [-0.4, -0.2) is 41.0 Å². The van der Waals surface area contributed by atoms with E-state index in [1.165, 1.54) is 36.2 Å². The smallest absolute Gasteiger partial charge is 0.270 e. The molecule has 0 spiro atoms. The molecule has 0 saturated heterocycles. The average molecular weight is 334 g/mol. The summed E-state index contributed by atoms with van der Waals surface area (Å²) in [6.07, 6.45) is 0. The van der Waals surface area contributed by atoms with Crippen molar-refractivity contribution in [3.05, 3.63) is 64.0 Å². The van der Waals surface area contributed by atoms with Gasteiger partial charge in [0.1, 0.15) is 23.9 Å². The summed E-state index contributed by atoms with van der Waals surface area (Å²) in [5, 5.41) is 20.5. The fraction of sp³-hybridized carbons (Fsp3) is 0.188. The number of likely N-dealkylation sites (N-methyl/N-ethyl adjacent to an activating group) is 1. The lowest BCUT2D eigenvalue weighted by Crippen LogP contribution is -2.31. The molecule has 1 amide bonds. The molecule has 0 aliphatic carbocycles. The summed E-state index contributed by atoms with van der Waals surface area (Å²) in [6.45, 7) is 0.321. The Morgan fingerprint density at radius 3 is 2.58 bits per heavy atom. The minimum Gasteiger partial charge on any atom is -0.507 e. The number of carbonyl (C=O) groups is 1. The van der Waals surface area contributed by atoms with Crippen LogP contribution in [0.3, 0.4) is 0 Å². The molecule has 24 heavy (non-hydrogen) atoms. The molecule has 126 valence electrons. The lowest BCUT2D eigenvalue weighted by atomic mass is 10.1. The molecular formula is C16H15FN2O5. The largest absolute Gasteiger partial charge is 0.507 e. The Morgan fingerprint density at radius 1 is 1.29 bits per heavy atom. The van der Waals surface area contributed by atoms with Crippen LogP contribution in [0.15, 0.2) is 42.5 Å². The highest BCUT2D eigenvalue weighted by atomic mass is 19.1. The Morgan fingerprint density at radius 2 is 1.96 bits per heavy atom. The molecule has 8 heteroatoms. The van der Waals surface area contributed by atoms with E-state index in [0.717, 1.165) is 18.2 Å². The number of amides is 1. The Hall–Kier alpha value is -3.16. The van der Waals surface area contributed by atoms with Crippen LogP contribution in [0, 0.1) is 15.9 Å². The number of carbonyl (C=O) groups excluding carboxylic acids is 1. The molecular weight excluding hydrogens is 319 g/mol. The number of nitro benzene ring substituents is 1. The summed E-state index contributed by atoms with van der Waals surface area (Å²) < 4.78 is 18.2. The fourth-order valence-electron chi connectivity index (χ4n) is 1.95. The number of rotatable bonds is 6. The summed E-state index contributed by atoms with van der Waals surface area (Å²) in [4.78, 5) is 23.6. The van der Waals surface area contributed by atoms with Crippen molar-refractivity contribution >= 4 is 11.6 Å². The Labute approximate surface area is 137 Å². The summed E-state index contributed by atoms with van der Waals surface area (Å²) in [7, 11) is 1.48. The molecule has 0 atom stereocenters. The number of hydrogen-bond acceptors (Lipinski definition) is 5. The van der Waals surface area contributed by atoms with Gasteiger partial charge >= 0.3 is 0 Å². The van der Waals surface area contributed by atoms with Crippen molar-refractivity contribution in [1.29, 1.82) is 0 Å². The number of ether oxygens (including phenoxy) is 1. The molecule has 0 aromatic heterocycles. The molecule has 7 nitrogen and oxygen atoms in total. The summed E-state index contributed by atoms with van der Waals surface area (Å²) >= 11 is 0. The highest BCUT2D eigenvalue weighted by Crippen LogP contribution is 2.24. The van der Waals surface area contributed by atoms with Gasteiger partial charge in [-0.15, -0.1) is 0 Å². The van der Waals surface area contributed by atoms with Crippen LogP contribution in [-0.2, 0) is 0 Å². The fourth-order valence-corrected chi connectivity index (χ4v) is 1.95. The van der Waals surface area contributed by atoms with Crippen LogP contribution in [0.25, 0.3) is 0 Å². The van der Waals surface area contributed by atoms with Gasteiger partial charge in [-0.25, -0.2) is 4.39 Å². The molecule has 0 saturated carbocycles. The Bertz CT molecular complexity index is 749. The maximum atomic E-state index is 12.8. The molecule has 0 bridgehead atoms. The number of benzene rings is 2. The SMILES string of the molecule is CN(CCOc1ccc(F)cc1)C(=O)c1cc([N+](=O)[O-])ccc1O. The number of phenolic OH excluding ortho intramolecular Hbond substituents is 1. The summed E-state index contributed by atoms with van der Waals surface area (Å²) in [5.74, 6) is -0.831. The third-order valence-corrected chi connectivity index (χ3v) is 3.28. The summed E-state index contributed by atoms with van der Waals surface area (Å²) in [5.41, 5.74) is -0.444.